The molecule has 1 heterocycles. The van der Waals surface area contributed by atoms with Crippen LogP contribution in [-0.4, -0.2) is 24.1 Å². The van der Waals surface area contributed by atoms with Crippen molar-refractivity contribution in [3.8, 4) is 17.0 Å². The standard InChI is InChI=1S/C31H33FN2O3S/c1-3-18-34(31-33-29(22-38-31)26-8-6-5-7-9-26)20-23-10-12-24(13-11-23)21-37-27-16-14-25(28(32)19-27)15-17-30(35)36-4-2/h5-14,16,19,22H,3-4,15,17-18,20-21H2,1-2H3. The number of aromatic nitrogens is 1. The molecule has 7 heteroatoms. The lowest BCUT2D eigenvalue weighted by Crippen LogP contribution is -2.23. The van der Waals surface area contributed by atoms with Crippen molar-refractivity contribution in [2.24, 2.45) is 0 Å². The molecule has 0 aliphatic rings. The Balaban J connectivity index is 1.32. The predicted octanol–water partition coefficient (Wildman–Crippen LogP) is 7.44. The monoisotopic (exact) mass is 532 g/mol. The van der Waals surface area contributed by atoms with Crippen molar-refractivity contribution >= 4 is 22.4 Å². The maximum atomic E-state index is 14.4. The molecule has 0 saturated heterocycles. The number of aryl methyl sites for hydroxylation is 1. The van der Waals surface area contributed by atoms with Crippen LogP contribution in [0.4, 0.5) is 9.52 Å². The largest absolute Gasteiger partial charge is 0.489 e. The number of halogens is 1. The van der Waals surface area contributed by atoms with E-state index in [0.29, 0.717) is 30.9 Å². The lowest BCUT2D eigenvalue weighted by Gasteiger charge is -2.21. The zero-order valence-corrected chi connectivity index (χ0v) is 22.7. The Hall–Kier alpha value is -3.71. The molecule has 0 saturated carbocycles. The smallest absolute Gasteiger partial charge is 0.306 e. The second-order valence-corrected chi connectivity index (χ2v) is 9.80. The number of carbonyl (C=O) groups excluding carboxylic acids is 1. The summed E-state index contributed by atoms with van der Waals surface area (Å²) in [4.78, 5) is 18.7. The summed E-state index contributed by atoms with van der Waals surface area (Å²) in [6.45, 7) is 6.29. The number of rotatable bonds is 13. The molecule has 3 aromatic carbocycles. The van der Waals surface area contributed by atoms with E-state index in [9.17, 15) is 9.18 Å². The number of esters is 1. The highest BCUT2D eigenvalue weighted by Crippen LogP contribution is 2.28. The number of hydrogen-bond acceptors (Lipinski definition) is 6. The molecule has 0 amide bonds. The van der Waals surface area contributed by atoms with Crippen LogP contribution in [0.3, 0.4) is 0 Å². The Labute approximate surface area is 227 Å². The number of hydrogen-bond donors (Lipinski definition) is 0. The second kappa shape index (κ2) is 13.7. The summed E-state index contributed by atoms with van der Waals surface area (Å²) in [6.07, 6.45) is 1.49. The highest BCUT2D eigenvalue weighted by atomic mass is 32.1. The molecule has 0 radical (unpaired) electrons. The fourth-order valence-corrected chi connectivity index (χ4v) is 4.94. The Morgan fingerprint density at radius 1 is 1.00 bits per heavy atom. The maximum absolute atomic E-state index is 14.4. The summed E-state index contributed by atoms with van der Waals surface area (Å²) in [6, 6.07) is 23.3. The van der Waals surface area contributed by atoms with E-state index >= 15 is 0 Å². The van der Waals surface area contributed by atoms with E-state index < -0.39 is 0 Å². The Kier molecular flexibility index (Phi) is 9.87. The molecule has 4 aromatic rings. The van der Waals surface area contributed by atoms with Crippen molar-refractivity contribution in [2.45, 2.75) is 46.3 Å². The second-order valence-electron chi connectivity index (χ2n) is 8.97. The Morgan fingerprint density at radius 3 is 2.47 bits per heavy atom. The molecule has 4 rings (SSSR count). The molecule has 0 spiro atoms. The molecule has 38 heavy (non-hydrogen) atoms. The number of anilines is 1. The first-order chi connectivity index (χ1) is 18.6. The first-order valence-corrected chi connectivity index (χ1v) is 13.8. The molecule has 0 N–H and O–H groups in total. The van der Waals surface area contributed by atoms with Crippen molar-refractivity contribution in [1.82, 2.24) is 4.98 Å². The summed E-state index contributed by atoms with van der Waals surface area (Å²) in [7, 11) is 0. The van der Waals surface area contributed by atoms with Crippen molar-refractivity contribution in [1.29, 1.82) is 0 Å². The third-order valence-electron chi connectivity index (χ3n) is 6.06. The van der Waals surface area contributed by atoms with Crippen LogP contribution in [0.1, 0.15) is 43.4 Å². The topological polar surface area (TPSA) is 51.7 Å². The van der Waals surface area contributed by atoms with E-state index in [1.807, 2.05) is 30.3 Å². The summed E-state index contributed by atoms with van der Waals surface area (Å²) in [5, 5.41) is 3.13. The molecule has 0 fully saturated rings. The molecular formula is C31H33FN2O3S. The molecule has 1 aromatic heterocycles. The number of thiazole rings is 1. The third kappa shape index (κ3) is 7.65. The molecule has 5 nitrogen and oxygen atoms in total. The van der Waals surface area contributed by atoms with Gasteiger partial charge in [0.25, 0.3) is 0 Å². The number of ether oxygens (including phenoxy) is 2. The summed E-state index contributed by atoms with van der Waals surface area (Å²) in [5.41, 5.74) is 4.80. The molecule has 0 aliphatic heterocycles. The first-order valence-electron chi connectivity index (χ1n) is 13.0. The van der Waals surface area contributed by atoms with Gasteiger partial charge in [0, 0.05) is 36.5 Å². The minimum absolute atomic E-state index is 0.156. The van der Waals surface area contributed by atoms with Gasteiger partial charge in [-0.05, 0) is 42.5 Å². The Bertz CT molecular complexity index is 1310. The van der Waals surface area contributed by atoms with E-state index in [0.717, 1.165) is 41.5 Å². The van der Waals surface area contributed by atoms with Gasteiger partial charge in [-0.25, -0.2) is 9.37 Å². The van der Waals surface area contributed by atoms with E-state index in [1.54, 1.807) is 30.4 Å². The SMILES string of the molecule is CCCN(Cc1ccc(COc2ccc(CCC(=O)OCC)c(F)c2)cc1)c1nc(-c2ccccc2)cs1. The van der Waals surface area contributed by atoms with Gasteiger partial charge < -0.3 is 14.4 Å². The molecule has 0 unspecified atom stereocenters. The average Bonchev–Trinajstić information content (AvgIpc) is 3.43. The van der Waals surface area contributed by atoms with Gasteiger partial charge in [0.1, 0.15) is 18.2 Å². The normalized spacial score (nSPS) is 10.8. The van der Waals surface area contributed by atoms with E-state index in [2.05, 4.69) is 41.5 Å². The molecule has 0 atom stereocenters. The van der Waals surface area contributed by atoms with Crippen LogP contribution in [0, 0.1) is 5.82 Å². The number of carbonyl (C=O) groups is 1. The lowest BCUT2D eigenvalue weighted by molar-refractivity contribution is -0.143. The zero-order valence-electron chi connectivity index (χ0n) is 21.9. The van der Waals surface area contributed by atoms with Gasteiger partial charge >= 0.3 is 5.97 Å². The van der Waals surface area contributed by atoms with Crippen molar-refractivity contribution in [3.63, 3.8) is 0 Å². The fourth-order valence-electron chi connectivity index (χ4n) is 4.08. The summed E-state index contributed by atoms with van der Waals surface area (Å²) >= 11 is 1.67. The molecule has 0 aliphatic carbocycles. The fraction of sp³-hybridized carbons (Fsp3) is 0.290. The van der Waals surface area contributed by atoms with Crippen LogP contribution < -0.4 is 9.64 Å². The summed E-state index contributed by atoms with van der Waals surface area (Å²) < 4.78 is 25.2. The van der Waals surface area contributed by atoms with Gasteiger partial charge in [-0.2, -0.15) is 0 Å². The highest BCUT2D eigenvalue weighted by Gasteiger charge is 2.13. The molecule has 0 bridgehead atoms. The van der Waals surface area contributed by atoms with Gasteiger partial charge in [0.15, 0.2) is 5.13 Å². The maximum Gasteiger partial charge on any atom is 0.306 e. The molecular weight excluding hydrogens is 499 g/mol. The van der Waals surface area contributed by atoms with Gasteiger partial charge in [-0.3, -0.25) is 4.79 Å². The van der Waals surface area contributed by atoms with Crippen LogP contribution in [0.2, 0.25) is 0 Å². The van der Waals surface area contributed by atoms with Crippen molar-refractivity contribution in [3.05, 3.63) is 101 Å². The van der Waals surface area contributed by atoms with Gasteiger partial charge in [-0.1, -0.05) is 67.6 Å². The third-order valence-corrected chi connectivity index (χ3v) is 6.96. The minimum Gasteiger partial charge on any atom is -0.489 e. The van der Waals surface area contributed by atoms with Crippen LogP contribution in [0.5, 0.6) is 5.75 Å². The Morgan fingerprint density at radius 2 is 1.76 bits per heavy atom. The predicted molar refractivity (Wildman–Crippen MR) is 151 cm³/mol. The highest BCUT2D eigenvalue weighted by molar-refractivity contribution is 7.14. The first kappa shape index (κ1) is 27.3. The van der Waals surface area contributed by atoms with Crippen LogP contribution in [0.25, 0.3) is 11.3 Å². The van der Waals surface area contributed by atoms with Crippen LogP contribution in [0.15, 0.2) is 78.2 Å². The van der Waals surface area contributed by atoms with Crippen LogP contribution in [-0.2, 0) is 29.1 Å². The van der Waals surface area contributed by atoms with Crippen molar-refractivity contribution < 1.29 is 18.7 Å². The number of nitrogens with zero attached hydrogens (tertiary/aromatic N) is 2. The van der Waals surface area contributed by atoms with Crippen LogP contribution >= 0.6 is 11.3 Å². The van der Waals surface area contributed by atoms with Gasteiger partial charge in [0.2, 0.25) is 0 Å². The summed E-state index contributed by atoms with van der Waals surface area (Å²) in [5.74, 6) is -0.244. The average molecular weight is 533 g/mol. The zero-order chi connectivity index (χ0) is 26.7. The van der Waals surface area contributed by atoms with Gasteiger partial charge in [-0.15, -0.1) is 11.3 Å². The van der Waals surface area contributed by atoms with Crippen molar-refractivity contribution in [2.75, 3.05) is 18.1 Å². The number of benzene rings is 3. The molecule has 198 valence electrons. The van der Waals surface area contributed by atoms with Gasteiger partial charge in [0.05, 0.1) is 12.3 Å². The van der Waals surface area contributed by atoms with E-state index in [4.69, 9.17) is 14.5 Å². The van der Waals surface area contributed by atoms with E-state index in [1.165, 1.54) is 11.6 Å². The lowest BCUT2D eigenvalue weighted by atomic mass is 10.1. The van der Waals surface area contributed by atoms with E-state index in [-0.39, 0.29) is 18.2 Å². The quantitative estimate of drug-likeness (QED) is 0.168. The minimum atomic E-state index is -0.379.